The summed E-state index contributed by atoms with van der Waals surface area (Å²) in [5, 5.41) is 4.41. The predicted octanol–water partition coefficient (Wildman–Crippen LogP) is 6.06. The zero-order valence-electron chi connectivity index (χ0n) is 18.8. The molecule has 174 valence electrons. The van der Waals surface area contributed by atoms with Gasteiger partial charge >= 0.3 is 0 Å². The molecule has 2 atom stereocenters. The Hall–Kier alpha value is -1.95. The van der Waals surface area contributed by atoms with Crippen molar-refractivity contribution in [1.29, 1.82) is 0 Å². The highest BCUT2D eigenvalue weighted by Crippen LogP contribution is 2.25. The zero-order chi connectivity index (χ0) is 23.8. The number of aryl methyl sites for hydroxylation is 1. The lowest BCUT2D eigenvalue weighted by atomic mass is 10.1. The summed E-state index contributed by atoms with van der Waals surface area (Å²) >= 11 is 18.2. The topological polar surface area (TPSA) is 58.6 Å². The number of carbonyl (C=O) groups is 2. The predicted molar refractivity (Wildman–Crippen MR) is 131 cm³/mol. The van der Waals surface area contributed by atoms with Gasteiger partial charge in [-0.2, -0.15) is 0 Å². The van der Waals surface area contributed by atoms with E-state index in [1.807, 2.05) is 27.7 Å². The quantitative estimate of drug-likeness (QED) is 0.432. The van der Waals surface area contributed by atoms with Crippen LogP contribution in [0, 0.1) is 6.92 Å². The molecule has 5 nitrogen and oxygen atoms in total. The van der Waals surface area contributed by atoms with Crippen LogP contribution in [0.25, 0.3) is 0 Å². The number of hydrogen-bond donors (Lipinski definition) is 1. The van der Waals surface area contributed by atoms with Crippen molar-refractivity contribution in [3.8, 4) is 5.75 Å². The molecule has 2 rings (SSSR count). The van der Waals surface area contributed by atoms with E-state index < -0.39 is 6.04 Å². The summed E-state index contributed by atoms with van der Waals surface area (Å²) in [4.78, 5) is 27.7. The van der Waals surface area contributed by atoms with Crippen LogP contribution in [0.15, 0.2) is 36.4 Å². The number of nitrogens with zero attached hydrogens (tertiary/aromatic N) is 1. The van der Waals surface area contributed by atoms with Crippen molar-refractivity contribution in [3.63, 3.8) is 0 Å². The van der Waals surface area contributed by atoms with E-state index in [1.54, 1.807) is 36.4 Å². The van der Waals surface area contributed by atoms with Crippen LogP contribution >= 0.6 is 34.8 Å². The normalized spacial score (nSPS) is 12.7. The smallest absolute Gasteiger partial charge is 0.261 e. The molecular weight excluding hydrogens is 471 g/mol. The van der Waals surface area contributed by atoms with Crippen LogP contribution in [0.2, 0.25) is 15.1 Å². The molecule has 8 heteroatoms. The SMILES string of the molecule is CC[C@H](C(=O)N[C@@H](C)CC)N(Cc1ccc(Cl)c(Cl)c1)C(=O)COc1ccc(Cl)c(C)c1. The van der Waals surface area contributed by atoms with Gasteiger partial charge in [0, 0.05) is 17.6 Å². The van der Waals surface area contributed by atoms with Crippen molar-refractivity contribution in [1.82, 2.24) is 10.2 Å². The van der Waals surface area contributed by atoms with Gasteiger partial charge in [0.2, 0.25) is 5.91 Å². The van der Waals surface area contributed by atoms with Crippen LogP contribution in [0.5, 0.6) is 5.75 Å². The Labute approximate surface area is 205 Å². The van der Waals surface area contributed by atoms with Gasteiger partial charge in [0.05, 0.1) is 10.0 Å². The molecule has 0 aliphatic rings. The van der Waals surface area contributed by atoms with Crippen LogP contribution in [-0.4, -0.2) is 35.4 Å². The highest BCUT2D eigenvalue weighted by molar-refractivity contribution is 6.42. The summed E-state index contributed by atoms with van der Waals surface area (Å²) in [7, 11) is 0. The second kappa shape index (κ2) is 12.3. The summed E-state index contributed by atoms with van der Waals surface area (Å²) in [6, 6.07) is 9.72. The maximum absolute atomic E-state index is 13.2. The number of carbonyl (C=O) groups excluding carboxylic acids is 2. The van der Waals surface area contributed by atoms with E-state index in [0.717, 1.165) is 17.5 Å². The first kappa shape index (κ1) is 26.3. The summed E-state index contributed by atoms with van der Waals surface area (Å²) < 4.78 is 5.71. The minimum Gasteiger partial charge on any atom is -0.484 e. The van der Waals surface area contributed by atoms with Gasteiger partial charge in [0.15, 0.2) is 6.61 Å². The van der Waals surface area contributed by atoms with E-state index in [-0.39, 0.29) is 31.0 Å². The summed E-state index contributed by atoms with van der Waals surface area (Å²) in [6.45, 7) is 7.65. The Balaban J connectivity index is 2.25. The van der Waals surface area contributed by atoms with Crippen LogP contribution in [-0.2, 0) is 16.1 Å². The number of ether oxygens (including phenoxy) is 1. The second-order valence-corrected chi connectivity index (χ2v) is 8.93. The van der Waals surface area contributed by atoms with E-state index in [9.17, 15) is 9.59 Å². The average Bonchev–Trinajstić information content (AvgIpc) is 2.76. The standard InChI is InChI=1S/C24H29Cl3N2O3/c1-5-16(4)28-24(31)22(6-2)29(13-17-7-9-20(26)21(27)12-17)23(30)14-32-18-8-10-19(25)15(3)11-18/h7-12,16,22H,5-6,13-14H2,1-4H3,(H,28,31)/t16-,22+/m0/s1. The molecule has 0 unspecified atom stereocenters. The third-order valence-corrected chi connectivity index (χ3v) is 6.38. The Morgan fingerprint density at radius 2 is 1.69 bits per heavy atom. The lowest BCUT2D eigenvalue weighted by Crippen LogP contribution is -2.51. The maximum atomic E-state index is 13.2. The molecule has 2 aromatic rings. The largest absolute Gasteiger partial charge is 0.484 e. The number of rotatable bonds is 10. The van der Waals surface area contributed by atoms with Crippen molar-refractivity contribution in [2.75, 3.05) is 6.61 Å². The molecule has 2 amide bonds. The molecule has 0 aliphatic carbocycles. The highest BCUT2D eigenvalue weighted by Gasteiger charge is 2.29. The van der Waals surface area contributed by atoms with Crippen molar-refractivity contribution in [2.24, 2.45) is 0 Å². The molecule has 1 N–H and O–H groups in total. The first-order valence-corrected chi connectivity index (χ1v) is 11.7. The Morgan fingerprint density at radius 1 is 1.00 bits per heavy atom. The molecule has 0 saturated heterocycles. The van der Waals surface area contributed by atoms with E-state index in [4.69, 9.17) is 39.5 Å². The molecule has 0 bridgehead atoms. The molecule has 0 aliphatic heterocycles. The molecule has 0 radical (unpaired) electrons. The molecule has 0 aromatic heterocycles. The lowest BCUT2D eigenvalue weighted by molar-refractivity contribution is -0.143. The molecule has 0 spiro atoms. The third kappa shape index (κ3) is 7.29. The first-order chi connectivity index (χ1) is 15.2. The maximum Gasteiger partial charge on any atom is 0.261 e. The van der Waals surface area contributed by atoms with Crippen LogP contribution in [0.1, 0.15) is 44.7 Å². The first-order valence-electron chi connectivity index (χ1n) is 10.6. The van der Waals surface area contributed by atoms with Crippen LogP contribution in [0.3, 0.4) is 0 Å². The van der Waals surface area contributed by atoms with Gasteiger partial charge in [-0.1, -0.05) is 54.7 Å². The van der Waals surface area contributed by atoms with Gasteiger partial charge in [-0.25, -0.2) is 0 Å². The summed E-state index contributed by atoms with van der Waals surface area (Å²) in [5.74, 6) is 0.0271. The molecule has 0 saturated carbocycles. The van der Waals surface area contributed by atoms with Gasteiger partial charge in [-0.3, -0.25) is 9.59 Å². The van der Waals surface area contributed by atoms with Crippen molar-refractivity contribution in [3.05, 3.63) is 62.6 Å². The number of benzene rings is 2. The number of nitrogens with one attached hydrogen (secondary N) is 1. The molecular formula is C24H29Cl3N2O3. The van der Waals surface area contributed by atoms with E-state index in [0.29, 0.717) is 27.2 Å². The Bertz CT molecular complexity index is 952. The van der Waals surface area contributed by atoms with Gasteiger partial charge in [-0.05, 0) is 68.1 Å². The Kier molecular flexibility index (Phi) is 10.1. The summed E-state index contributed by atoms with van der Waals surface area (Å²) in [6.07, 6.45) is 1.25. The number of amides is 2. The Morgan fingerprint density at radius 3 is 2.28 bits per heavy atom. The van der Waals surface area contributed by atoms with Gasteiger partial charge in [-0.15, -0.1) is 0 Å². The monoisotopic (exact) mass is 498 g/mol. The van der Waals surface area contributed by atoms with Gasteiger partial charge < -0.3 is 15.0 Å². The van der Waals surface area contributed by atoms with E-state index >= 15 is 0 Å². The van der Waals surface area contributed by atoms with E-state index in [2.05, 4.69) is 5.32 Å². The van der Waals surface area contributed by atoms with Crippen molar-refractivity contribution >= 4 is 46.6 Å². The van der Waals surface area contributed by atoms with E-state index in [1.165, 1.54) is 4.90 Å². The lowest BCUT2D eigenvalue weighted by Gasteiger charge is -2.31. The molecule has 0 fully saturated rings. The van der Waals surface area contributed by atoms with Crippen LogP contribution in [0.4, 0.5) is 0 Å². The summed E-state index contributed by atoms with van der Waals surface area (Å²) in [5.41, 5.74) is 1.62. The van der Waals surface area contributed by atoms with Gasteiger partial charge in [0.25, 0.3) is 5.91 Å². The van der Waals surface area contributed by atoms with Gasteiger partial charge in [0.1, 0.15) is 11.8 Å². The highest BCUT2D eigenvalue weighted by atomic mass is 35.5. The third-order valence-electron chi connectivity index (χ3n) is 5.22. The fraction of sp³-hybridized carbons (Fsp3) is 0.417. The second-order valence-electron chi connectivity index (χ2n) is 7.71. The number of hydrogen-bond acceptors (Lipinski definition) is 3. The van der Waals surface area contributed by atoms with Crippen LogP contribution < -0.4 is 10.1 Å². The minimum atomic E-state index is -0.651. The molecule has 32 heavy (non-hydrogen) atoms. The zero-order valence-corrected chi connectivity index (χ0v) is 21.0. The number of halogens is 3. The minimum absolute atomic E-state index is 0.00627. The van der Waals surface area contributed by atoms with Crippen molar-refractivity contribution < 1.29 is 14.3 Å². The average molecular weight is 500 g/mol. The van der Waals surface area contributed by atoms with Crippen molar-refractivity contribution in [2.45, 2.75) is 59.2 Å². The molecule has 2 aromatic carbocycles. The fourth-order valence-corrected chi connectivity index (χ4v) is 3.57. The fourth-order valence-electron chi connectivity index (χ4n) is 3.13. The molecule has 0 heterocycles.